The fourth-order valence-corrected chi connectivity index (χ4v) is 4.84. The van der Waals surface area contributed by atoms with Gasteiger partial charge in [0.1, 0.15) is 4.90 Å². The van der Waals surface area contributed by atoms with E-state index in [0.29, 0.717) is 23.3 Å². The third-order valence-electron chi connectivity index (χ3n) is 5.27. The number of benzene rings is 2. The summed E-state index contributed by atoms with van der Waals surface area (Å²) in [5.74, 6) is 0.644. The molecule has 1 N–H and O–H groups in total. The highest BCUT2D eigenvalue weighted by Gasteiger charge is 2.29. The Morgan fingerprint density at radius 3 is 2.58 bits per heavy atom. The van der Waals surface area contributed by atoms with Gasteiger partial charge in [-0.05, 0) is 44.2 Å². The quantitative estimate of drug-likeness (QED) is 0.576. The third-order valence-corrected chi connectivity index (χ3v) is 6.48. The van der Waals surface area contributed by atoms with Crippen molar-refractivity contribution in [3.05, 3.63) is 42.7 Å². The Bertz CT molecular complexity index is 1200. The second kappa shape index (κ2) is 7.97. The first-order chi connectivity index (χ1) is 14.7. The standard InChI is InChI=1S/C22H26N2O6S/c1-22(2)14-24(10-9-23-22)17-13-16(12-15-8-11-29-20(15)17)31(25,26)30-19-7-5-6-18(27-3)21(19)28-4/h5-8,11-13,23H,9-10,14H2,1-4H3. The lowest BCUT2D eigenvalue weighted by Crippen LogP contribution is -2.57. The second-order valence-corrected chi connectivity index (χ2v) is 9.59. The van der Waals surface area contributed by atoms with E-state index in [0.717, 1.165) is 18.8 Å². The van der Waals surface area contributed by atoms with Crippen LogP contribution in [0.4, 0.5) is 5.69 Å². The van der Waals surface area contributed by atoms with Gasteiger partial charge in [0, 0.05) is 30.6 Å². The molecule has 8 nitrogen and oxygen atoms in total. The zero-order valence-electron chi connectivity index (χ0n) is 18.0. The minimum absolute atomic E-state index is 0.0395. The van der Waals surface area contributed by atoms with Crippen LogP contribution in [0.1, 0.15) is 13.8 Å². The lowest BCUT2D eigenvalue weighted by atomic mass is 10.0. The van der Waals surface area contributed by atoms with E-state index in [1.807, 2.05) is 0 Å². The molecule has 0 unspecified atom stereocenters. The van der Waals surface area contributed by atoms with Gasteiger partial charge < -0.3 is 28.3 Å². The van der Waals surface area contributed by atoms with E-state index in [1.54, 1.807) is 36.6 Å². The van der Waals surface area contributed by atoms with Gasteiger partial charge >= 0.3 is 10.1 Å². The van der Waals surface area contributed by atoms with Gasteiger partial charge in [0.2, 0.25) is 5.75 Å². The SMILES string of the molecule is COc1cccc(OS(=O)(=O)c2cc(N3CCNC(C)(C)C3)c3occc3c2)c1OC. The summed E-state index contributed by atoms with van der Waals surface area (Å²) in [7, 11) is -1.24. The van der Waals surface area contributed by atoms with Crippen LogP contribution in [0.15, 0.2) is 52.0 Å². The number of anilines is 1. The Morgan fingerprint density at radius 1 is 1.10 bits per heavy atom. The number of para-hydroxylation sites is 1. The molecular formula is C22H26N2O6S. The van der Waals surface area contributed by atoms with Crippen LogP contribution in [-0.4, -0.2) is 47.8 Å². The van der Waals surface area contributed by atoms with E-state index in [9.17, 15) is 8.42 Å². The molecule has 166 valence electrons. The summed E-state index contributed by atoms with van der Waals surface area (Å²) in [4.78, 5) is 2.17. The van der Waals surface area contributed by atoms with Gasteiger partial charge in [-0.2, -0.15) is 8.42 Å². The average Bonchev–Trinajstić information content (AvgIpc) is 3.20. The van der Waals surface area contributed by atoms with Crippen LogP contribution in [-0.2, 0) is 10.1 Å². The zero-order chi connectivity index (χ0) is 22.2. The summed E-state index contributed by atoms with van der Waals surface area (Å²) in [6.07, 6.45) is 1.56. The first-order valence-corrected chi connectivity index (χ1v) is 11.3. The molecule has 1 fully saturated rings. The lowest BCUT2D eigenvalue weighted by molar-refractivity contribution is 0.343. The molecule has 0 amide bonds. The van der Waals surface area contributed by atoms with Crippen molar-refractivity contribution in [2.45, 2.75) is 24.3 Å². The summed E-state index contributed by atoms with van der Waals surface area (Å²) in [5.41, 5.74) is 1.25. The zero-order valence-corrected chi connectivity index (χ0v) is 18.8. The smallest absolute Gasteiger partial charge is 0.339 e. The van der Waals surface area contributed by atoms with Crippen LogP contribution in [0.3, 0.4) is 0 Å². The molecule has 1 aliphatic rings. The summed E-state index contributed by atoms with van der Waals surface area (Å²) in [5, 5.41) is 4.15. The largest absolute Gasteiger partial charge is 0.493 e. The second-order valence-electron chi connectivity index (χ2n) is 8.04. The van der Waals surface area contributed by atoms with Gasteiger partial charge in [-0.3, -0.25) is 0 Å². The summed E-state index contributed by atoms with van der Waals surface area (Å²) >= 11 is 0. The molecule has 0 aliphatic carbocycles. The third kappa shape index (κ3) is 4.15. The van der Waals surface area contributed by atoms with E-state index in [2.05, 4.69) is 24.1 Å². The van der Waals surface area contributed by atoms with E-state index >= 15 is 0 Å². The Labute approximate surface area is 181 Å². The number of nitrogens with one attached hydrogen (secondary N) is 1. The maximum absolute atomic E-state index is 13.2. The van der Waals surface area contributed by atoms with Crippen molar-refractivity contribution in [2.24, 2.45) is 0 Å². The molecule has 1 saturated heterocycles. The highest BCUT2D eigenvalue weighted by Crippen LogP contribution is 2.39. The summed E-state index contributed by atoms with van der Waals surface area (Å²) in [6.45, 7) is 6.43. The lowest BCUT2D eigenvalue weighted by Gasteiger charge is -2.40. The molecule has 1 aliphatic heterocycles. The molecule has 0 spiro atoms. The molecule has 0 saturated carbocycles. The minimum Gasteiger partial charge on any atom is -0.493 e. The molecule has 9 heteroatoms. The Kier molecular flexibility index (Phi) is 5.49. The van der Waals surface area contributed by atoms with Gasteiger partial charge in [0.25, 0.3) is 0 Å². The van der Waals surface area contributed by atoms with Gasteiger partial charge in [-0.25, -0.2) is 0 Å². The van der Waals surface area contributed by atoms with Crippen LogP contribution < -0.4 is 23.9 Å². The van der Waals surface area contributed by atoms with E-state index in [1.165, 1.54) is 20.3 Å². The minimum atomic E-state index is -4.15. The fourth-order valence-electron chi connectivity index (χ4n) is 3.85. The highest BCUT2D eigenvalue weighted by molar-refractivity contribution is 7.87. The highest BCUT2D eigenvalue weighted by atomic mass is 32.2. The molecule has 31 heavy (non-hydrogen) atoms. The Morgan fingerprint density at radius 2 is 1.87 bits per heavy atom. The Balaban J connectivity index is 1.76. The first kappa shape index (κ1) is 21.3. The van der Waals surface area contributed by atoms with Crippen molar-refractivity contribution in [3.63, 3.8) is 0 Å². The Hall–Kier alpha value is -2.91. The number of nitrogens with zero attached hydrogens (tertiary/aromatic N) is 1. The van der Waals surface area contributed by atoms with Crippen LogP contribution in [0.2, 0.25) is 0 Å². The van der Waals surface area contributed by atoms with Gasteiger partial charge in [-0.1, -0.05) is 6.07 Å². The van der Waals surface area contributed by atoms with Crippen molar-refractivity contribution in [1.29, 1.82) is 0 Å². The van der Waals surface area contributed by atoms with E-state index in [-0.39, 0.29) is 21.9 Å². The predicted molar refractivity (Wildman–Crippen MR) is 118 cm³/mol. The predicted octanol–water partition coefficient (Wildman–Crippen LogP) is 3.41. The molecule has 0 radical (unpaired) electrons. The van der Waals surface area contributed by atoms with Gasteiger partial charge in [0.05, 0.1) is 26.2 Å². The number of furan rings is 1. The molecule has 4 rings (SSSR count). The van der Waals surface area contributed by atoms with Crippen molar-refractivity contribution in [1.82, 2.24) is 5.32 Å². The molecular weight excluding hydrogens is 420 g/mol. The monoisotopic (exact) mass is 446 g/mol. The molecule has 0 bridgehead atoms. The number of fused-ring (bicyclic) bond motifs is 1. The maximum Gasteiger partial charge on any atom is 0.339 e. The number of rotatable bonds is 6. The van der Waals surface area contributed by atoms with Gasteiger partial charge in [0.15, 0.2) is 17.1 Å². The molecule has 1 aromatic heterocycles. The fraction of sp³-hybridized carbons (Fsp3) is 0.364. The number of hydrogen-bond acceptors (Lipinski definition) is 8. The number of hydrogen-bond donors (Lipinski definition) is 1. The summed E-state index contributed by atoms with van der Waals surface area (Å²) in [6, 6.07) is 9.74. The molecule has 2 heterocycles. The summed E-state index contributed by atoms with van der Waals surface area (Å²) < 4.78 is 48.1. The van der Waals surface area contributed by atoms with Gasteiger partial charge in [-0.15, -0.1) is 0 Å². The van der Waals surface area contributed by atoms with Crippen molar-refractivity contribution in [3.8, 4) is 17.2 Å². The topological polar surface area (TPSA) is 90.2 Å². The molecule has 3 aromatic rings. The molecule has 2 aromatic carbocycles. The van der Waals surface area contributed by atoms with Crippen molar-refractivity contribution < 1.29 is 26.5 Å². The molecule has 0 atom stereocenters. The van der Waals surface area contributed by atoms with Crippen LogP contribution in [0.5, 0.6) is 17.2 Å². The van der Waals surface area contributed by atoms with Crippen LogP contribution in [0.25, 0.3) is 11.0 Å². The van der Waals surface area contributed by atoms with E-state index in [4.69, 9.17) is 18.1 Å². The number of methoxy groups -OCH3 is 2. The number of piperazine rings is 1. The van der Waals surface area contributed by atoms with Crippen molar-refractivity contribution in [2.75, 3.05) is 38.8 Å². The first-order valence-electron chi connectivity index (χ1n) is 9.91. The van der Waals surface area contributed by atoms with Crippen LogP contribution >= 0.6 is 0 Å². The van der Waals surface area contributed by atoms with Crippen LogP contribution in [0, 0.1) is 0 Å². The van der Waals surface area contributed by atoms with Crippen molar-refractivity contribution >= 4 is 26.8 Å². The number of ether oxygens (including phenoxy) is 2. The average molecular weight is 447 g/mol. The normalized spacial score (nSPS) is 16.3. The maximum atomic E-state index is 13.2. The van der Waals surface area contributed by atoms with E-state index < -0.39 is 10.1 Å².